The molecular weight excluding hydrogens is 385 g/mol. The summed E-state index contributed by atoms with van der Waals surface area (Å²) in [5.41, 5.74) is 1.13. The Kier molecular flexibility index (Phi) is 5.45. The third-order valence-electron chi connectivity index (χ3n) is 4.62. The van der Waals surface area contributed by atoms with E-state index in [0.717, 1.165) is 25.9 Å². The van der Waals surface area contributed by atoms with E-state index in [1.54, 1.807) is 12.1 Å². The van der Waals surface area contributed by atoms with Gasteiger partial charge >= 0.3 is 0 Å². The first kappa shape index (κ1) is 18.7. The van der Waals surface area contributed by atoms with Gasteiger partial charge in [0, 0.05) is 30.2 Å². The van der Waals surface area contributed by atoms with Gasteiger partial charge in [-0.2, -0.15) is 0 Å². The summed E-state index contributed by atoms with van der Waals surface area (Å²) in [6.07, 6.45) is 4.47. The molecule has 1 saturated heterocycles. The van der Waals surface area contributed by atoms with Gasteiger partial charge < -0.3 is 19.9 Å². The molecule has 0 saturated carbocycles. The molecule has 0 spiro atoms. The van der Waals surface area contributed by atoms with Gasteiger partial charge in [-0.3, -0.25) is 0 Å². The van der Waals surface area contributed by atoms with Crippen molar-refractivity contribution in [3.63, 3.8) is 0 Å². The number of phenolic OH excluding ortho intramolecular Hbond substituents is 1. The van der Waals surface area contributed by atoms with Crippen LogP contribution in [0.4, 0.5) is 15.9 Å². The van der Waals surface area contributed by atoms with Crippen molar-refractivity contribution in [2.75, 3.05) is 18.5 Å². The van der Waals surface area contributed by atoms with Gasteiger partial charge in [-0.15, -0.1) is 0 Å². The Labute approximate surface area is 166 Å². The zero-order valence-corrected chi connectivity index (χ0v) is 15.7. The maximum absolute atomic E-state index is 13.4. The van der Waals surface area contributed by atoms with Crippen LogP contribution in [0.5, 0.6) is 11.5 Å². The Morgan fingerprint density at radius 3 is 2.96 bits per heavy atom. The van der Waals surface area contributed by atoms with Gasteiger partial charge in [-0.05, 0) is 37.1 Å². The molecule has 6 nitrogen and oxygen atoms in total. The lowest BCUT2D eigenvalue weighted by atomic mass is 10.2. The molecule has 1 aliphatic heterocycles. The first-order valence-electron chi connectivity index (χ1n) is 9.04. The number of anilines is 2. The van der Waals surface area contributed by atoms with E-state index in [1.807, 2.05) is 0 Å². The lowest BCUT2D eigenvalue weighted by molar-refractivity contribution is 0.0899. The van der Waals surface area contributed by atoms with Crippen LogP contribution in [-0.4, -0.2) is 34.4 Å². The number of rotatable bonds is 6. The number of benzene rings is 2. The minimum Gasteiger partial charge on any atom is -0.504 e. The molecule has 1 aliphatic rings. The van der Waals surface area contributed by atoms with Gasteiger partial charge in [0.1, 0.15) is 18.0 Å². The van der Waals surface area contributed by atoms with E-state index in [2.05, 4.69) is 15.3 Å². The molecule has 0 radical (unpaired) electrons. The number of aromatic nitrogens is 2. The number of halogens is 2. The highest BCUT2D eigenvalue weighted by atomic mass is 35.5. The van der Waals surface area contributed by atoms with E-state index in [-0.39, 0.29) is 16.9 Å². The number of phenols is 1. The molecule has 0 unspecified atom stereocenters. The van der Waals surface area contributed by atoms with Crippen molar-refractivity contribution in [1.29, 1.82) is 0 Å². The molecule has 3 aromatic rings. The number of nitrogens with zero attached hydrogens (tertiary/aromatic N) is 2. The molecule has 1 fully saturated rings. The Morgan fingerprint density at radius 2 is 2.18 bits per heavy atom. The van der Waals surface area contributed by atoms with Gasteiger partial charge in [0.05, 0.1) is 23.3 Å². The summed E-state index contributed by atoms with van der Waals surface area (Å²) >= 11 is 5.84. The Bertz CT molecular complexity index is 996. The average molecular weight is 404 g/mol. The molecule has 0 aliphatic carbocycles. The molecule has 1 aromatic heterocycles. The Balaban J connectivity index is 1.57. The van der Waals surface area contributed by atoms with Crippen molar-refractivity contribution < 1.29 is 19.0 Å². The molecule has 4 rings (SSSR count). The molecule has 1 atom stereocenters. The first-order valence-corrected chi connectivity index (χ1v) is 9.42. The number of ether oxygens (including phenoxy) is 2. The van der Waals surface area contributed by atoms with Crippen molar-refractivity contribution in [1.82, 2.24) is 9.97 Å². The van der Waals surface area contributed by atoms with Crippen LogP contribution in [-0.2, 0) is 4.74 Å². The predicted octanol–water partition coefficient (Wildman–Crippen LogP) is 4.82. The molecule has 146 valence electrons. The van der Waals surface area contributed by atoms with Gasteiger partial charge in [-0.1, -0.05) is 11.6 Å². The lowest BCUT2D eigenvalue weighted by Gasteiger charge is -2.14. The van der Waals surface area contributed by atoms with Crippen LogP contribution in [0.2, 0.25) is 5.02 Å². The Hall–Kier alpha value is -2.64. The van der Waals surface area contributed by atoms with Crippen molar-refractivity contribution >= 4 is 34.0 Å². The summed E-state index contributed by atoms with van der Waals surface area (Å²) < 4.78 is 24.7. The number of fused-ring (bicyclic) bond motifs is 1. The van der Waals surface area contributed by atoms with Gasteiger partial charge in [0.25, 0.3) is 0 Å². The molecule has 8 heteroatoms. The number of hydrogen-bond acceptors (Lipinski definition) is 6. The van der Waals surface area contributed by atoms with Crippen LogP contribution in [0.1, 0.15) is 19.3 Å². The minimum absolute atomic E-state index is 0.00863. The van der Waals surface area contributed by atoms with E-state index in [9.17, 15) is 9.50 Å². The highest BCUT2D eigenvalue weighted by Gasteiger charge is 2.16. The van der Waals surface area contributed by atoms with Gasteiger partial charge in [0.15, 0.2) is 11.5 Å². The highest BCUT2D eigenvalue weighted by molar-refractivity contribution is 6.31. The third kappa shape index (κ3) is 4.10. The number of aromatic hydroxyl groups is 1. The van der Waals surface area contributed by atoms with Crippen LogP contribution in [0.3, 0.4) is 0 Å². The number of nitrogens with one attached hydrogen (secondary N) is 1. The quantitative estimate of drug-likeness (QED) is 0.614. The maximum atomic E-state index is 13.4. The fraction of sp³-hybridized carbons (Fsp3) is 0.300. The van der Waals surface area contributed by atoms with E-state index in [0.29, 0.717) is 34.8 Å². The van der Waals surface area contributed by atoms with Crippen molar-refractivity contribution in [2.24, 2.45) is 0 Å². The summed E-state index contributed by atoms with van der Waals surface area (Å²) in [6, 6.07) is 7.53. The molecule has 0 amide bonds. The fourth-order valence-corrected chi connectivity index (χ4v) is 3.35. The summed E-state index contributed by atoms with van der Waals surface area (Å²) in [6.45, 7) is 1.24. The van der Waals surface area contributed by atoms with Crippen LogP contribution < -0.4 is 10.1 Å². The molecule has 2 heterocycles. The topological polar surface area (TPSA) is 76.5 Å². The average Bonchev–Trinajstić information content (AvgIpc) is 3.19. The summed E-state index contributed by atoms with van der Waals surface area (Å²) in [7, 11) is 0. The highest BCUT2D eigenvalue weighted by Crippen LogP contribution is 2.34. The van der Waals surface area contributed by atoms with Crippen LogP contribution in [0, 0.1) is 5.82 Å². The summed E-state index contributed by atoms with van der Waals surface area (Å²) in [5, 5.41) is 14.0. The minimum atomic E-state index is -0.494. The Morgan fingerprint density at radius 1 is 1.29 bits per heavy atom. The number of hydrogen-bond donors (Lipinski definition) is 2. The summed E-state index contributed by atoms with van der Waals surface area (Å²) in [4.78, 5) is 8.44. The molecule has 28 heavy (non-hydrogen) atoms. The molecule has 2 N–H and O–H groups in total. The van der Waals surface area contributed by atoms with Crippen molar-refractivity contribution in [3.05, 3.63) is 47.5 Å². The van der Waals surface area contributed by atoms with Crippen molar-refractivity contribution in [2.45, 2.75) is 25.4 Å². The van der Waals surface area contributed by atoms with Crippen molar-refractivity contribution in [3.8, 4) is 11.5 Å². The first-order chi connectivity index (χ1) is 13.6. The lowest BCUT2D eigenvalue weighted by Crippen LogP contribution is -2.10. The van der Waals surface area contributed by atoms with Crippen LogP contribution in [0.25, 0.3) is 10.9 Å². The molecule has 0 bridgehead atoms. The van der Waals surface area contributed by atoms with E-state index in [4.69, 9.17) is 21.1 Å². The van der Waals surface area contributed by atoms with E-state index >= 15 is 0 Å². The smallest absolute Gasteiger partial charge is 0.161 e. The van der Waals surface area contributed by atoms with Crippen LogP contribution >= 0.6 is 11.6 Å². The zero-order chi connectivity index (χ0) is 19.5. The van der Waals surface area contributed by atoms with Gasteiger partial charge in [0.2, 0.25) is 0 Å². The molecule has 2 aromatic carbocycles. The second-order valence-electron chi connectivity index (χ2n) is 6.59. The zero-order valence-electron chi connectivity index (χ0n) is 15.0. The largest absolute Gasteiger partial charge is 0.504 e. The second-order valence-corrected chi connectivity index (χ2v) is 6.99. The van der Waals surface area contributed by atoms with E-state index in [1.165, 1.54) is 24.5 Å². The normalized spacial score (nSPS) is 16.4. The third-order valence-corrected chi connectivity index (χ3v) is 4.91. The SMILES string of the molecule is Oc1cc2ncnc(Nc3ccc(F)c(Cl)c3)c2cc1OCC[C@@H]1CCCO1. The van der Waals surface area contributed by atoms with Crippen LogP contribution in [0.15, 0.2) is 36.7 Å². The second kappa shape index (κ2) is 8.16. The summed E-state index contributed by atoms with van der Waals surface area (Å²) in [5.74, 6) is 0.359. The van der Waals surface area contributed by atoms with E-state index < -0.39 is 5.82 Å². The standard InChI is InChI=1S/C20H19ClFN3O3/c21-15-8-12(3-4-16(15)22)25-20-14-9-19(18(26)10-17(14)23-11-24-20)28-7-5-13-2-1-6-27-13/h3-4,8-11,13,26H,1-2,5-7H2,(H,23,24,25)/t13-/m0/s1. The van der Waals surface area contributed by atoms with Gasteiger partial charge in [-0.25, -0.2) is 14.4 Å². The maximum Gasteiger partial charge on any atom is 0.161 e. The fourth-order valence-electron chi connectivity index (χ4n) is 3.17. The molecular formula is C20H19ClFN3O3. The predicted molar refractivity (Wildman–Crippen MR) is 105 cm³/mol. The monoisotopic (exact) mass is 403 g/mol.